The standard InChI is InChI=1S/C49H77N5O8/c1-13-33(6)45(53(10)48(58)43(31(2)3)51-47(57)44(32(4)5)52(9)27-25-35-21-23-38(50-8)24-22-35)41(61-11)30-42(56)54-26-17-20-39(54)46(62-12)34(7)40(55)29-37(49(59)60)28-36-18-15-14-16-19-36/h14-16,18-19,21-24,31-34,37,39,41,43-46,50H,13,17,20,25-30H2,1-12H3,(H,51,57)(H,59,60)/t33-,34-,37+,39-,41+,43-,44?,45-,46+/m0/s1. The molecule has 346 valence electrons. The van der Waals surface area contributed by atoms with Gasteiger partial charge in [0.05, 0.1) is 42.7 Å². The summed E-state index contributed by atoms with van der Waals surface area (Å²) in [6.07, 6.45) is 1.62. The second-order valence-corrected chi connectivity index (χ2v) is 18.1. The van der Waals surface area contributed by atoms with Crippen LogP contribution in [0, 0.1) is 29.6 Å². The number of carboxylic acid groups (broad SMARTS) is 1. The van der Waals surface area contributed by atoms with Crippen LogP contribution in [0.3, 0.4) is 0 Å². The SMILES string of the molecule is CC[C@H](C)[C@@H]([C@@H](CC(=O)N1CCC[C@H]1[C@H](OC)[C@@H](C)C(=O)C[C@@H](Cc1ccccc1)C(=O)O)OC)N(C)C(=O)[C@@H](NC(=O)C(C(C)C)N(C)CCc1ccc(NC)cc1)C(C)C. The Labute approximate surface area is 371 Å². The highest BCUT2D eigenvalue weighted by molar-refractivity contribution is 5.90. The average Bonchev–Trinajstić information content (AvgIpc) is 3.74. The van der Waals surface area contributed by atoms with Crippen LogP contribution in [0.1, 0.15) is 91.7 Å². The number of hydrogen-bond donors (Lipinski definition) is 3. The Kier molecular flexibility index (Phi) is 21.0. The van der Waals surface area contributed by atoms with Crippen molar-refractivity contribution in [2.45, 2.75) is 130 Å². The molecule has 0 spiro atoms. The molecule has 1 aliphatic rings. The molecule has 0 aromatic heterocycles. The number of carboxylic acids is 1. The smallest absolute Gasteiger partial charge is 0.307 e. The first-order valence-electron chi connectivity index (χ1n) is 22.6. The number of ketones is 1. The van der Waals surface area contributed by atoms with Gasteiger partial charge in [-0.2, -0.15) is 0 Å². The first kappa shape index (κ1) is 52.0. The summed E-state index contributed by atoms with van der Waals surface area (Å²) in [5.41, 5.74) is 3.05. The highest BCUT2D eigenvalue weighted by atomic mass is 16.5. The Morgan fingerprint density at radius 1 is 0.871 bits per heavy atom. The van der Waals surface area contributed by atoms with Crippen molar-refractivity contribution in [3.8, 4) is 0 Å². The van der Waals surface area contributed by atoms with Crippen LogP contribution in [0.15, 0.2) is 54.6 Å². The van der Waals surface area contributed by atoms with Gasteiger partial charge in [-0.25, -0.2) is 0 Å². The lowest BCUT2D eigenvalue weighted by Crippen LogP contribution is -2.60. The lowest BCUT2D eigenvalue weighted by atomic mass is 9.85. The Bertz CT molecular complexity index is 1720. The summed E-state index contributed by atoms with van der Waals surface area (Å²) >= 11 is 0. The van der Waals surface area contributed by atoms with Crippen molar-refractivity contribution in [2.24, 2.45) is 29.6 Å². The van der Waals surface area contributed by atoms with Crippen LogP contribution in [0.25, 0.3) is 0 Å². The molecule has 13 nitrogen and oxygen atoms in total. The molecule has 2 aromatic carbocycles. The second-order valence-electron chi connectivity index (χ2n) is 18.1. The van der Waals surface area contributed by atoms with Gasteiger partial charge in [0.25, 0.3) is 0 Å². The Morgan fingerprint density at radius 3 is 2.05 bits per heavy atom. The van der Waals surface area contributed by atoms with Gasteiger partial charge in [-0.15, -0.1) is 0 Å². The minimum Gasteiger partial charge on any atom is -0.481 e. The summed E-state index contributed by atoms with van der Waals surface area (Å²) < 4.78 is 12.0. The van der Waals surface area contributed by atoms with Crippen molar-refractivity contribution in [1.29, 1.82) is 0 Å². The lowest BCUT2D eigenvalue weighted by molar-refractivity contribution is -0.148. The van der Waals surface area contributed by atoms with Crippen molar-refractivity contribution in [2.75, 3.05) is 53.8 Å². The van der Waals surface area contributed by atoms with Crippen molar-refractivity contribution in [3.05, 3.63) is 65.7 Å². The number of rotatable bonds is 26. The summed E-state index contributed by atoms with van der Waals surface area (Å²) in [5.74, 6) is -3.70. The zero-order valence-corrected chi connectivity index (χ0v) is 39.6. The zero-order chi connectivity index (χ0) is 46.3. The van der Waals surface area contributed by atoms with Crippen LogP contribution in [-0.2, 0) is 46.3 Å². The number of likely N-dealkylation sites (N-methyl/N-ethyl adjacent to an activating group) is 2. The summed E-state index contributed by atoms with van der Waals surface area (Å²) in [7, 11) is 8.65. The molecule has 3 N–H and O–H groups in total. The number of likely N-dealkylation sites (tertiary alicyclic amines) is 1. The fraction of sp³-hybridized carbons (Fsp3) is 0.653. The third-order valence-corrected chi connectivity index (χ3v) is 13.1. The van der Waals surface area contributed by atoms with E-state index < -0.39 is 54.2 Å². The van der Waals surface area contributed by atoms with Gasteiger partial charge in [0.15, 0.2) is 0 Å². The molecule has 2 aromatic rings. The average molecular weight is 864 g/mol. The zero-order valence-electron chi connectivity index (χ0n) is 39.6. The van der Waals surface area contributed by atoms with Gasteiger partial charge in [0, 0.05) is 59.4 Å². The summed E-state index contributed by atoms with van der Waals surface area (Å²) in [5, 5.41) is 16.3. The maximum absolute atomic E-state index is 14.6. The third-order valence-electron chi connectivity index (χ3n) is 13.1. The molecule has 0 bridgehead atoms. The molecule has 1 unspecified atom stereocenters. The first-order valence-corrected chi connectivity index (χ1v) is 22.6. The molecule has 62 heavy (non-hydrogen) atoms. The molecule has 13 heteroatoms. The quantitative estimate of drug-likeness (QED) is 0.0997. The first-order chi connectivity index (χ1) is 29.4. The largest absolute Gasteiger partial charge is 0.481 e. The molecule has 1 heterocycles. The van der Waals surface area contributed by atoms with Crippen LogP contribution in [0.2, 0.25) is 0 Å². The van der Waals surface area contributed by atoms with Crippen LogP contribution < -0.4 is 10.6 Å². The Balaban J connectivity index is 1.76. The van der Waals surface area contributed by atoms with Gasteiger partial charge >= 0.3 is 5.97 Å². The number of carbonyl (C=O) groups is 5. The summed E-state index contributed by atoms with van der Waals surface area (Å²) in [4.78, 5) is 74.4. The number of Topliss-reactive ketones (excluding diaryl/α,β-unsaturated/α-hetero) is 1. The highest BCUT2D eigenvalue weighted by Crippen LogP contribution is 2.31. The maximum Gasteiger partial charge on any atom is 0.307 e. The van der Waals surface area contributed by atoms with Crippen molar-refractivity contribution in [3.63, 3.8) is 0 Å². The predicted octanol–water partition coefficient (Wildman–Crippen LogP) is 6.19. The molecule has 1 saturated heterocycles. The minimum atomic E-state index is -1.03. The summed E-state index contributed by atoms with van der Waals surface area (Å²) in [6.45, 7) is 14.8. The topological polar surface area (TPSA) is 158 Å². The molecule has 3 rings (SSSR count). The number of hydrogen-bond acceptors (Lipinski definition) is 9. The third kappa shape index (κ3) is 14.1. The molecular formula is C49H77N5O8. The van der Waals surface area contributed by atoms with E-state index in [0.717, 1.165) is 24.1 Å². The number of ether oxygens (including phenoxy) is 2. The Morgan fingerprint density at radius 2 is 1.52 bits per heavy atom. The van der Waals surface area contributed by atoms with E-state index in [-0.39, 0.29) is 60.5 Å². The van der Waals surface area contributed by atoms with Crippen molar-refractivity contribution >= 4 is 35.2 Å². The number of aliphatic carboxylic acids is 1. The van der Waals surface area contributed by atoms with Gasteiger partial charge in [0.1, 0.15) is 11.8 Å². The van der Waals surface area contributed by atoms with Crippen molar-refractivity contribution < 1.29 is 38.6 Å². The van der Waals surface area contributed by atoms with E-state index in [2.05, 4.69) is 27.7 Å². The van der Waals surface area contributed by atoms with E-state index in [1.165, 1.54) is 12.7 Å². The Hall–Kier alpha value is -4.33. The van der Waals surface area contributed by atoms with Crippen LogP contribution in [0.4, 0.5) is 5.69 Å². The molecule has 0 saturated carbocycles. The molecule has 0 aliphatic carbocycles. The number of carbonyl (C=O) groups excluding carboxylic acids is 4. The van der Waals surface area contributed by atoms with Gasteiger partial charge in [-0.1, -0.05) is 97.4 Å². The second kappa shape index (κ2) is 25.1. The van der Waals surface area contributed by atoms with Gasteiger partial charge in [0.2, 0.25) is 17.7 Å². The van der Waals surface area contributed by atoms with Crippen LogP contribution >= 0.6 is 0 Å². The number of methoxy groups -OCH3 is 2. The van der Waals surface area contributed by atoms with E-state index in [0.29, 0.717) is 25.9 Å². The number of nitrogens with zero attached hydrogens (tertiary/aromatic N) is 3. The monoisotopic (exact) mass is 864 g/mol. The lowest BCUT2D eigenvalue weighted by Gasteiger charge is -2.41. The number of amides is 3. The van der Waals surface area contributed by atoms with E-state index in [1.54, 1.807) is 30.9 Å². The highest BCUT2D eigenvalue weighted by Gasteiger charge is 2.43. The number of anilines is 1. The van der Waals surface area contributed by atoms with Crippen LogP contribution in [0.5, 0.6) is 0 Å². The molecule has 1 aliphatic heterocycles. The predicted molar refractivity (Wildman–Crippen MR) is 245 cm³/mol. The minimum absolute atomic E-state index is 0.00679. The van der Waals surface area contributed by atoms with E-state index in [4.69, 9.17) is 9.47 Å². The van der Waals surface area contributed by atoms with Gasteiger partial charge < -0.3 is 35.0 Å². The summed E-state index contributed by atoms with van der Waals surface area (Å²) in [6, 6.07) is 15.3. The maximum atomic E-state index is 14.6. The van der Waals surface area contributed by atoms with E-state index in [9.17, 15) is 29.1 Å². The fourth-order valence-corrected chi connectivity index (χ4v) is 9.18. The molecule has 3 amide bonds. The number of nitrogens with one attached hydrogen (secondary N) is 2. The van der Waals surface area contributed by atoms with Crippen molar-refractivity contribution in [1.82, 2.24) is 20.0 Å². The molecule has 0 radical (unpaired) electrons. The van der Waals surface area contributed by atoms with Gasteiger partial charge in [-0.05, 0) is 73.7 Å². The van der Waals surface area contributed by atoms with Gasteiger partial charge in [-0.3, -0.25) is 28.9 Å². The molecular weight excluding hydrogens is 787 g/mol. The van der Waals surface area contributed by atoms with E-state index in [1.807, 2.05) is 98.1 Å². The number of benzene rings is 2. The molecule has 9 atom stereocenters. The normalized spacial score (nSPS) is 18.1. The molecule has 1 fully saturated rings. The van der Waals surface area contributed by atoms with Crippen LogP contribution in [-0.4, -0.2) is 134 Å². The fourth-order valence-electron chi connectivity index (χ4n) is 9.18. The van der Waals surface area contributed by atoms with E-state index >= 15 is 0 Å².